The second-order valence-corrected chi connectivity index (χ2v) is 5.79. The first-order valence-electron chi connectivity index (χ1n) is 6.14. The Morgan fingerprint density at radius 3 is 2.79 bits per heavy atom. The summed E-state index contributed by atoms with van der Waals surface area (Å²) >= 11 is 3.22. The first-order valence-corrected chi connectivity index (χ1v) is 6.93. The van der Waals surface area contributed by atoms with Crippen molar-refractivity contribution in [1.82, 2.24) is 9.80 Å². The molecule has 0 aliphatic carbocycles. The number of carbonyl (C=O) groups is 1. The Morgan fingerprint density at radius 1 is 1.47 bits per heavy atom. The Balaban J connectivity index is 2.23. The normalized spacial score (nSPS) is 20.6. The number of likely N-dealkylation sites (N-methyl/N-ethyl adjacent to an activating group) is 1. The van der Waals surface area contributed by atoms with E-state index < -0.39 is 5.82 Å². The highest BCUT2D eigenvalue weighted by Gasteiger charge is 2.26. The second kappa shape index (κ2) is 5.46. The molecule has 1 saturated heterocycles. The highest BCUT2D eigenvalue weighted by Crippen LogP contribution is 2.25. The number of piperazine rings is 1. The molecule has 6 heteroatoms. The van der Waals surface area contributed by atoms with E-state index in [1.165, 1.54) is 12.1 Å². The zero-order valence-electron chi connectivity index (χ0n) is 11.0. The second-order valence-electron chi connectivity index (χ2n) is 4.93. The first kappa shape index (κ1) is 14.3. The monoisotopic (exact) mass is 329 g/mol. The van der Waals surface area contributed by atoms with Gasteiger partial charge in [-0.15, -0.1) is 0 Å². The molecule has 0 spiro atoms. The van der Waals surface area contributed by atoms with E-state index in [4.69, 9.17) is 5.73 Å². The van der Waals surface area contributed by atoms with Gasteiger partial charge in [0.25, 0.3) is 5.91 Å². The smallest absolute Gasteiger partial charge is 0.255 e. The van der Waals surface area contributed by atoms with Crippen molar-refractivity contribution in [2.75, 3.05) is 32.4 Å². The number of amides is 1. The largest absolute Gasteiger partial charge is 0.396 e. The van der Waals surface area contributed by atoms with Crippen LogP contribution in [0, 0.1) is 5.82 Å². The standard InChI is InChI=1S/C13H17BrFN3O/c1-8-7-18(4-3-17(8)2)13(19)9-5-12(16)11(15)6-10(9)14/h5-6,8H,3-4,7,16H2,1-2H3. The highest BCUT2D eigenvalue weighted by atomic mass is 79.9. The minimum absolute atomic E-state index is 0.00581. The molecule has 1 aliphatic heterocycles. The van der Waals surface area contributed by atoms with Gasteiger partial charge in [-0.1, -0.05) is 0 Å². The van der Waals surface area contributed by atoms with Gasteiger partial charge in [0.2, 0.25) is 0 Å². The summed E-state index contributed by atoms with van der Waals surface area (Å²) < 4.78 is 13.7. The van der Waals surface area contributed by atoms with Crippen LogP contribution in [-0.4, -0.2) is 48.4 Å². The third-order valence-electron chi connectivity index (χ3n) is 3.56. The molecule has 1 aromatic rings. The molecule has 2 rings (SSSR count). The Morgan fingerprint density at radius 2 is 2.16 bits per heavy atom. The predicted molar refractivity (Wildman–Crippen MR) is 76.5 cm³/mol. The number of halogens is 2. The van der Waals surface area contributed by atoms with E-state index in [1.807, 2.05) is 7.05 Å². The van der Waals surface area contributed by atoms with E-state index in [2.05, 4.69) is 27.8 Å². The predicted octanol–water partition coefficient (Wildman–Crippen LogP) is 1.95. The van der Waals surface area contributed by atoms with E-state index >= 15 is 0 Å². The van der Waals surface area contributed by atoms with Crippen LogP contribution in [0.3, 0.4) is 0 Å². The van der Waals surface area contributed by atoms with E-state index in [9.17, 15) is 9.18 Å². The summed E-state index contributed by atoms with van der Waals surface area (Å²) in [6, 6.07) is 2.95. The van der Waals surface area contributed by atoms with Crippen molar-refractivity contribution in [2.24, 2.45) is 0 Å². The molecule has 1 heterocycles. The lowest BCUT2D eigenvalue weighted by atomic mass is 10.1. The number of hydrogen-bond donors (Lipinski definition) is 1. The molecule has 0 aromatic heterocycles. The number of hydrogen-bond acceptors (Lipinski definition) is 3. The molecular formula is C13H17BrFN3O. The summed E-state index contributed by atoms with van der Waals surface area (Å²) in [6.45, 7) is 4.25. The van der Waals surface area contributed by atoms with Gasteiger partial charge in [-0.25, -0.2) is 4.39 Å². The van der Waals surface area contributed by atoms with Crippen LogP contribution in [-0.2, 0) is 0 Å². The molecule has 0 saturated carbocycles. The molecule has 19 heavy (non-hydrogen) atoms. The summed E-state index contributed by atoms with van der Waals surface area (Å²) in [4.78, 5) is 16.4. The maximum absolute atomic E-state index is 13.3. The van der Waals surface area contributed by atoms with E-state index in [1.54, 1.807) is 4.90 Å². The van der Waals surface area contributed by atoms with Gasteiger partial charge in [0.15, 0.2) is 0 Å². The lowest BCUT2D eigenvalue weighted by molar-refractivity contribution is 0.0571. The Bertz CT molecular complexity index is 509. The number of anilines is 1. The number of nitrogens with zero attached hydrogens (tertiary/aromatic N) is 2. The minimum Gasteiger partial charge on any atom is -0.396 e. The lowest BCUT2D eigenvalue weighted by Gasteiger charge is -2.37. The van der Waals surface area contributed by atoms with Crippen molar-refractivity contribution in [1.29, 1.82) is 0 Å². The van der Waals surface area contributed by atoms with Crippen LogP contribution in [0.5, 0.6) is 0 Å². The van der Waals surface area contributed by atoms with Gasteiger partial charge in [-0.05, 0) is 42.0 Å². The SMILES string of the molecule is CC1CN(C(=O)c2cc(N)c(F)cc2Br)CCN1C. The summed E-state index contributed by atoms with van der Waals surface area (Å²) in [5.41, 5.74) is 5.94. The third kappa shape index (κ3) is 2.90. The van der Waals surface area contributed by atoms with Gasteiger partial charge in [-0.3, -0.25) is 4.79 Å². The molecule has 2 N–H and O–H groups in total. The molecule has 1 aromatic carbocycles. The van der Waals surface area contributed by atoms with Crippen molar-refractivity contribution >= 4 is 27.5 Å². The Hall–Kier alpha value is -1.14. The van der Waals surface area contributed by atoms with E-state index in [0.29, 0.717) is 29.2 Å². The van der Waals surface area contributed by atoms with Gasteiger partial charge in [0.05, 0.1) is 11.3 Å². The van der Waals surface area contributed by atoms with Crippen LogP contribution in [0.25, 0.3) is 0 Å². The van der Waals surface area contributed by atoms with Crippen LogP contribution in [0.1, 0.15) is 17.3 Å². The summed E-state index contributed by atoms with van der Waals surface area (Å²) in [5.74, 6) is -0.631. The Labute approximate surface area is 120 Å². The van der Waals surface area contributed by atoms with Crippen LogP contribution in [0.2, 0.25) is 0 Å². The number of rotatable bonds is 1. The molecule has 1 fully saturated rings. The van der Waals surface area contributed by atoms with Crippen LogP contribution in [0.4, 0.5) is 10.1 Å². The third-order valence-corrected chi connectivity index (χ3v) is 4.22. The van der Waals surface area contributed by atoms with Crippen molar-refractivity contribution < 1.29 is 9.18 Å². The molecular weight excluding hydrogens is 313 g/mol. The molecule has 1 amide bonds. The molecule has 1 unspecified atom stereocenters. The van der Waals surface area contributed by atoms with Gasteiger partial charge in [-0.2, -0.15) is 0 Å². The van der Waals surface area contributed by atoms with E-state index in [-0.39, 0.29) is 11.6 Å². The summed E-state index contributed by atoms with van der Waals surface area (Å²) in [6.07, 6.45) is 0. The van der Waals surface area contributed by atoms with Crippen molar-refractivity contribution in [2.45, 2.75) is 13.0 Å². The fourth-order valence-corrected chi connectivity index (χ4v) is 2.62. The zero-order valence-corrected chi connectivity index (χ0v) is 12.6. The minimum atomic E-state index is -0.518. The van der Waals surface area contributed by atoms with Gasteiger partial charge in [0.1, 0.15) is 5.82 Å². The van der Waals surface area contributed by atoms with Crippen LogP contribution in [0.15, 0.2) is 16.6 Å². The molecule has 1 atom stereocenters. The van der Waals surface area contributed by atoms with Crippen molar-refractivity contribution in [3.63, 3.8) is 0 Å². The number of nitrogens with two attached hydrogens (primary N) is 1. The van der Waals surface area contributed by atoms with Crippen molar-refractivity contribution in [3.05, 3.63) is 28.0 Å². The number of nitrogen functional groups attached to an aromatic ring is 1. The molecule has 1 aliphatic rings. The fourth-order valence-electron chi connectivity index (χ4n) is 2.13. The maximum Gasteiger partial charge on any atom is 0.255 e. The molecule has 0 radical (unpaired) electrons. The first-order chi connectivity index (χ1) is 8.90. The molecule has 104 valence electrons. The Kier molecular flexibility index (Phi) is 4.10. The zero-order chi connectivity index (χ0) is 14.2. The molecule has 4 nitrogen and oxygen atoms in total. The number of carbonyl (C=O) groups excluding carboxylic acids is 1. The van der Waals surface area contributed by atoms with E-state index in [0.717, 1.165) is 6.54 Å². The van der Waals surface area contributed by atoms with Gasteiger partial charge < -0.3 is 15.5 Å². The number of benzene rings is 1. The summed E-state index contributed by atoms with van der Waals surface area (Å²) in [5, 5.41) is 0. The molecule has 0 bridgehead atoms. The lowest BCUT2D eigenvalue weighted by Crippen LogP contribution is -2.52. The highest BCUT2D eigenvalue weighted by molar-refractivity contribution is 9.10. The topological polar surface area (TPSA) is 49.6 Å². The average molecular weight is 330 g/mol. The average Bonchev–Trinajstić information content (AvgIpc) is 2.36. The van der Waals surface area contributed by atoms with Crippen molar-refractivity contribution in [3.8, 4) is 0 Å². The maximum atomic E-state index is 13.3. The summed E-state index contributed by atoms with van der Waals surface area (Å²) in [7, 11) is 2.04. The van der Waals surface area contributed by atoms with Crippen LogP contribution >= 0.6 is 15.9 Å². The fraction of sp³-hybridized carbons (Fsp3) is 0.462. The van der Waals surface area contributed by atoms with Gasteiger partial charge >= 0.3 is 0 Å². The van der Waals surface area contributed by atoms with Crippen LogP contribution < -0.4 is 5.73 Å². The van der Waals surface area contributed by atoms with Gasteiger partial charge in [0, 0.05) is 30.1 Å². The quantitative estimate of drug-likeness (QED) is 0.801.